The average Bonchev–Trinajstić information content (AvgIpc) is 3.18. The molecule has 0 radical (unpaired) electrons. The molecule has 2 aliphatic rings. The first-order valence-electron chi connectivity index (χ1n) is 10.4. The van der Waals surface area contributed by atoms with E-state index in [1.54, 1.807) is 7.11 Å². The number of para-hydroxylation sites is 1. The summed E-state index contributed by atoms with van der Waals surface area (Å²) >= 11 is 0. The predicted molar refractivity (Wildman–Crippen MR) is 126 cm³/mol. The van der Waals surface area contributed by atoms with Crippen LogP contribution < -0.4 is 10.1 Å². The third-order valence-electron chi connectivity index (χ3n) is 6.12. The Hall–Kier alpha value is -1.02. The van der Waals surface area contributed by atoms with Crippen LogP contribution in [0.1, 0.15) is 44.9 Å². The Balaban J connectivity index is 0.00000280. The first-order valence-corrected chi connectivity index (χ1v) is 10.4. The van der Waals surface area contributed by atoms with Crippen molar-refractivity contribution in [3.05, 3.63) is 30.3 Å². The Kier molecular flexibility index (Phi) is 9.85. The smallest absolute Gasteiger partial charge is 0.193 e. The zero-order chi connectivity index (χ0) is 19.0. The quantitative estimate of drug-likeness (QED) is 0.344. The van der Waals surface area contributed by atoms with Crippen LogP contribution >= 0.6 is 24.0 Å². The maximum Gasteiger partial charge on any atom is 0.193 e. The SMILES string of the molecule is CN=C(NCC1(CCOC)CCCC1)N1CCC(Oc2ccccc2)CC1.I. The minimum Gasteiger partial charge on any atom is -0.490 e. The zero-order valence-electron chi connectivity index (χ0n) is 17.4. The minimum absolute atomic E-state index is 0. The van der Waals surface area contributed by atoms with E-state index in [4.69, 9.17) is 9.47 Å². The molecule has 1 aromatic carbocycles. The van der Waals surface area contributed by atoms with Crippen LogP contribution in [-0.4, -0.2) is 57.4 Å². The summed E-state index contributed by atoms with van der Waals surface area (Å²) in [4.78, 5) is 6.93. The molecule has 1 aliphatic heterocycles. The van der Waals surface area contributed by atoms with Gasteiger partial charge in [-0.15, -0.1) is 24.0 Å². The van der Waals surface area contributed by atoms with Crippen LogP contribution in [0.5, 0.6) is 5.75 Å². The monoisotopic (exact) mass is 501 g/mol. The molecule has 0 spiro atoms. The minimum atomic E-state index is 0. The van der Waals surface area contributed by atoms with Gasteiger partial charge in [-0.3, -0.25) is 4.99 Å². The van der Waals surface area contributed by atoms with Crippen molar-refractivity contribution in [3.63, 3.8) is 0 Å². The second-order valence-electron chi connectivity index (χ2n) is 7.97. The topological polar surface area (TPSA) is 46.1 Å². The van der Waals surface area contributed by atoms with Crippen molar-refractivity contribution >= 4 is 29.9 Å². The molecular weight excluding hydrogens is 465 g/mol. The highest BCUT2D eigenvalue weighted by Gasteiger charge is 2.34. The van der Waals surface area contributed by atoms with Gasteiger partial charge in [0.15, 0.2) is 5.96 Å². The molecule has 0 amide bonds. The third kappa shape index (κ3) is 6.51. The summed E-state index contributed by atoms with van der Waals surface area (Å²) < 4.78 is 11.5. The van der Waals surface area contributed by atoms with Gasteiger partial charge in [-0.05, 0) is 36.8 Å². The van der Waals surface area contributed by atoms with Gasteiger partial charge in [0.2, 0.25) is 0 Å². The van der Waals surface area contributed by atoms with E-state index < -0.39 is 0 Å². The fraction of sp³-hybridized carbons (Fsp3) is 0.682. The van der Waals surface area contributed by atoms with E-state index in [2.05, 4.69) is 15.2 Å². The van der Waals surface area contributed by atoms with Gasteiger partial charge >= 0.3 is 0 Å². The molecule has 6 heteroatoms. The van der Waals surface area contributed by atoms with Gasteiger partial charge in [0.05, 0.1) is 0 Å². The van der Waals surface area contributed by atoms with Crippen LogP contribution in [0.15, 0.2) is 35.3 Å². The van der Waals surface area contributed by atoms with Gasteiger partial charge in [0.25, 0.3) is 0 Å². The molecule has 0 atom stereocenters. The van der Waals surface area contributed by atoms with Crippen molar-refractivity contribution in [3.8, 4) is 5.75 Å². The zero-order valence-corrected chi connectivity index (χ0v) is 19.7. The first-order chi connectivity index (χ1) is 13.2. The van der Waals surface area contributed by atoms with Crippen LogP contribution in [0.3, 0.4) is 0 Å². The summed E-state index contributed by atoms with van der Waals surface area (Å²) in [7, 11) is 3.70. The van der Waals surface area contributed by atoms with E-state index in [0.717, 1.165) is 57.2 Å². The van der Waals surface area contributed by atoms with Crippen LogP contribution in [0.25, 0.3) is 0 Å². The number of guanidine groups is 1. The van der Waals surface area contributed by atoms with Gasteiger partial charge < -0.3 is 19.7 Å². The summed E-state index contributed by atoms with van der Waals surface area (Å²) in [5, 5.41) is 3.67. The fourth-order valence-electron chi connectivity index (χ4n) is 4.43. The highest BCUT2D eigenvalue weighted by Crippen LogP contribution is 2.40. The van der Waals surface area contributed by atoms with Crippen LogP contribution in [0.2, 0.25) is 0 Å². The van der Waals surface area contributed by atoms with Crippen molar-refractivity contribution in [1.82, 2.24) is 10.2 Å². The van der Waals surface area contributed by atoms with E-state index in [0.29, 0.717) is 11.5 Å². The molecule has 0 aromatic heterocycles. The van der Waals surface area contributed by atoms with Crippen molar-refractivity contribution < 1.29 is 9.47 Å². The number of benzene rings is 1. The van der Waals surface area contributed by atoms with Gasteiger partial charge in [0.1, 0.15) is 11.9 Å². The lowest BCUT2D eigenvalue weighted by Crippen LogP contribution is -2.49. The molecular formula is C22H36IN3O2. The lowest BCUT2D eigenvalue weighted by atomic mass is 9.83. The van der Waals surface area contributed by atoms with Crippen molar-refractivity contribution in [2.45, 2.75) is 51.0 Å². The van der Waals surface area contributed by atoms with Gasteiger partial charge in [0, 0.05) is 53.2 Å². The highest BCUT2D eigenvalue weighted by atomic mass is 127. The van der Waals surface area contributed by atoms with E-state index in [1.807, 2.05) is 37.4 Å². The maximum atomic E-state index is 6.12. The number of likely N-dealkylation sites (tertiary alicyclic amines) is 1. The van der Waals surface area contributed by atoms with Crippen molar-refractivity contribution in [2.24, 2.45) is 10.4 Å². The lowest BCUT2D eigenvalue weighted by molar-refractivity contribution is 0.125. The number of aliphatic imine (C=N–C) groups is 1. The molecule has 1 saturated heterocycles. The molecule has 1 saturated carbocycles. The Labute approximate surface area is 187 Å². The summed E-state index contributed by atoms with van der Waals surface area (Å²) in [5.74, 6) is 2.01. The molecule has 1 heterocycles. The van der Waals surface area contributed by atoms with E-state index in [9.17, 15) is 0 Å². The van der Waals surface area contributed by atoms with Gasteiger partial charge in [-0.1, -0.05) is 31.0 Å². The van der Waals surface area contributed by atoms with E-state index in [-0.39, 0.29) is 24.0 Å². The molecule has 1 N–H and O–H groups in total. The van der Waals surface area contributed by atoms with Gasteiger partial charge in [-0.25, -0.2) is 0 Å². The standard InChI is InChI=1S/C22H35N3O2.HI/c1-23-21(24-18-22(14-17-26-2)12-6-7-13-22)25-15-10-20(11-16-25)27-19-8-4-3-5-9-19;/h3-5,8-9,20H,6-7,10-18H2,1-2H3,(H,23,24);1H. The molecule has 1 aliphatic carbocycles. The number of rotatable bonds is 7. The molecule has 3 rings (SSSR count). The Morgan fingerprint density at radius 1 is 1.18 bits per heavy atom. The summed E-state index contributed by atoms with van der Waals surface area (Å²) in [6.45, 7) is 3.83. The summed E-state index contributed by atoms with van der Waals surface area (Å²) in [6.07, 6.45) is 8.78. The van der Waals surface area contributed by atoms with Crippen LogP contribution in [0.4, 0.5) is 0 Å². The molecule has 0 unspecified atom stereocenters. The average molecular weight is 501 g/mol. The Bertz CT molecular complexity index is 583. The number of hydrogen-bond donors (Lipinski definition) is 1. The van der Waals surface area contributed by atoms with Crippen LogP contribution in [-0.2, 0) is 4.74 Å². The lowest BCUT2D eigenvalue weighted by Gasteiger charge is -2.36. The van der Waals surface area contributed by atoms with E-state index >= 15 is 0 Å². The number of hydrogen-bond acceptors (Lipinski definition) is 3. The first kappa shape index (κ1) is 23.3. The number of nitrogens with one attached hydrogen (secondary N) is 1. The Morgan fingerprint density at radius 3 is 2.46 bits per heavy atom. The predicted octanol–water partition coefficient (Wildman–Crippen LogP) is 4.32. The third-order valence-corrected chi connectivity index (χ3v) is 6.12. The second-order valence-corrected chi connectivity index (χ2v) is 7.97. The van der Waals surface area contributed by atoms with Crippen molar-refractivity contribution in [1.29, 1.82) is 0 Å². The molecule has 5 nitrogen and oxygen atoms in total. The maximum absolute atomic E-state index is 6.12. The molecule has 1 aromatic rings. The number of piperidine rings is 1. The largest absolute Gasteiger partial charge is 0.490 e. The molecule has 28 heavy (non-hydrogen) atoms. The Morgan fingerprint density at radius 2 is 1.86 bits per heavy atom. The van der Waals surface area contributed by atoms with Crippen LogP contribution in [0, 0.1) is 5.41 Å². The molecule has 158 valence electrons. The number of nitrogens with zero attached hydrogens (tertiary/aromatic N) is 2. The second kappa shape index (κ2) is 11.9. The van der Waals surface area contributed by atoms with Gasteiger partial charge in [-0.2, -0.15) is 0 Å². The number of halogens is 1. The highest BCUT2D eigenvalue weighted by molar-refractivity contribution is 14.0. The van der Waals surface area contributed by atoms with Crippen molar-refractivity contribution in [2.75, 3.05) is 40.4 Å². The molecule has 2 fully saturated rings. The molecule has 0 bridgehead atoms. The number of ether oxygens (including phenoxy) is 2. The van der Waals surface area contributed by atoms with E-state index in [1.165, 1.54) is 25.7 Å². The summed E-state index contributed by atoms with van der Waals surface area (Å²) in [6, 6.07) is 10.1. The summed E-state index contributed by atoms with van der Waals surface area (Å²) in [5.41, 5.74) is 0.376. The number of methoxy groups -OCH3 is 1. The fourth-order valence-corrected chi connectivity index (χ4v) is 4.43. The normalized spacial score (nSPS) is 19.9.